The molecule has 0 fully saturated rings. The molecule has 0 radical (unpaired) electrons. The van der Waals surface area contributed by atoms with Crippen molar-refractivity contribution >= 4 is 39.0 Å². The van der Waals surface area contributed by atoms with Crippen LogP contribution in [0.25, 0.3) is 56.1 Å². The van der Waals surface area contributed by atoms with Crippen LogP contribution in [0.4, 0.5) is 17.1 Å². The molecular formula is C54H38N4O. The van der Waals surface area contributed by atoms with Crippen LogP contribution < -0.4 is 4.90 Å². The number of hydrogen-bond donors (Lipinski definition) is 0. The second kappa shape index (κ2) is 13.8. The van der Waals surface area contributed by atoms with Gasteiger partial charge in [0.2, 0.25) is 0 Å². The molecule has 0 aliphatic carbocycles. The maximum Gasteiger partial charge on any atom is 0.164 e. The Morgan fingerprint density at radius 2 is 0.915 bits per heavy atom. The maximum atomic E-state index is 6.35. The summed E-state index contributed by atoms with van der Waals surface area (Å²) in [5, 5.41) is 2.22. The largest absolute Gasteiger partial charge is 0.456 e. The number of furan rings is 1. The zero-order valence-corrected chi connectivity index (χ0v) is 32.7. The molecule has 0 saturated heterocycles. The van der Waals surface area contributed by atoms with Crippen molar-refractivity contribution in [1.82, 2.24) is 15.0 Å². The van der Waals surface area contributed by atoms with Crippen LogP contribution in [-0.2, 0) is 5.41 Å². The number of hydrogen-bond acceptors (Lipinski definition) is 5. The van der Waals surface area contributed by atoms with Gasteiger partial charge in [-0.25, -0.2) is 15.0 Å². The zero-order valence-electron chi connectivity index (χ0n) is 32.7. The number of aromatic nitrogens is 3. The Hall–Kier alpha value is -7.63. The predicted molar refractivity (Wildman–Crippen MR) is 239 cm³/mol. The second-order valence-corrected chi connectivity index (χ2v) is 15.3. The summed E-state index contributed by atoms with van der Waals surface area (Å²) >= 11 is 0. The fourth-order valence-electron chi connectivity index (χ4n) is 9.30. The molecule has 0 amide bonds. The number of anilines is 3. The Labute approximate surface area is 342 Å². The van der Waals surface area contributed by atoms with Gasteiger partial charge in [0, 0.05) is 33.2 Å². The SMILES string of the molecule is Cc1cc(N2c3ccccc3C(c3ccccc3)(c3ccc4oc5ccccc5c4c3)c3ccccc32)cc(C)c1-c1nc(-c2ccccc2)nc(-c2ccccc2)n1. The Morgan fingerprint density at radius 3 is 1.53 bits per heavy atom. The summed E-state index contributed by atoms with van der Waals surface area (Å²) in [6.07, 6.45) is 0. The Balaban J connectivity index is 1.12. The molecule has 0 unspecified atom stereocenters. The number of rotatable bonds is 6. The van der Waals surface area contributed by atoms with E-state index in [0.717, 1.165) is 66.8 Å². The van der Waals surface area contributed by atoms with Gasteiger partial charge in [-0.05, 0) is 89.7 Å². The smallest absolute Gasteiger partial charge is 0.164 e. The molecular weight excluding hydrogens is 721 g/mol. The second-order valence-electron chi connectivity index (χ2n) is 15.3. The van der Waals surface area contributed by atoms with Crippen molar-refractivity contribution in [3.8, 4) is 34.2 Å². The van der Waals surface area contributed by atoms with E-state index in [-0.39, 0.29) is 0 Å². The molecule has 59 heavy (non-hydrogen) atoms. The normalized spacial score (nSPS) is 13.0. The monoisotopic (exact) mass is 758 g/mol. The summed E-state index contributed by atoms with van der Waals surface area (Å²) < 4.78 is 6.35. The molecule has 0 bridgehead atoms. The van der Waals surface area contributed by atoms with Crippen molar-refractivity contribution in [2.75, 3.05) is 4.90 Å². The van der Waals surface area contributed by atoms with E-state index >= 15 is 0 Å². The quantitative estimate of drug-likeness (QED) is 0.169. The van der Waals surface area contributed by atoms with E-state index in [1.807, 2.05) is 72.8 Å². The summed E-state index contributed by atoms with van der Waals surface area (Å²) in [7, 11) is 0. The van der Waals surface area contributed by atoms with Crippen LogP contribution >= 0.6 is 0 Å². The number of benzene rings is 8. The van der Waals surface area contributed by atoms with Gasteiger partial charge < -0.3 is 9.32 Å². The molecule has 3 heterocycles. The minimum atomic E-state index is -0.631. The molecule has 2 aromatic heterocycles. The highest BCUT2D eigenvalue weighted by molar-refractivity contribution is 6.05. The lowest BCUT2D eigenvalue weighted by atomic mass is 9.62. The number of para-hydroxylation sites is 3. The van der Waals surface area contributed by atoms with Crippen LogP contribution in [0, 0.1) is 13.8 Å². The molecule has 1 aliphatic heterocycles. The summed E-state index contributed by atoms with van der Waals surface area (Å²) in [5.74, 6) is 1.95. The third-order valence-corrected chi connectivity index (χ3v) is 11.8. The predicted octanol–water partition coefficient (Wildman–Crippen LogP) is 13.6. The molecule has 0 spiro atoms. The summed E-state index contributed by atoms with van der Waals surface area (Å²) in [6, 6.07) is 68.6. The van der Waals surface area contributed by atoms with E-state index < -0.39 is 5.41 Å². The minimum absolute atomic E-state index is 0.631. The zero-order chi connectivity index (χ0) is 39.5. The lowest BCUT2D eigenvalue weighted by molar-refractivity contribution is 0.667. The fourth-order valence-corrected chi connectivity index (χ4v) is 9.30. The molecule has 8 aromatic carbocycles. The van der Waals surface area contributed by atoms with Crippen LogP contribution in [0.2, 0.25) is 0 Å². The van der Waals surface area contributed by atoms with Crippen LogP contribution in [-0.4, -0.2) is 15.0 Å². The molecule has 11 rings (SSSR count). The van der Waals surface area contributed by atoms with Crippen molar-refractivity contribution in [2.24, 2.45) is 0 Å². The Morgan fingerprint density at radius 1 is 0.424 bits per heavy atom. The highest BCUT2D eigenvalue weighted by Crippen LogP contribution is 2.58. The number of aryl methyl sites for hydroxylation is 2. The summed E-state index contributed by atoms with van der Waals surface area (Å²) in [5.41, 5.74) is 14.3. The summed E-state index contributed by atoms with van der Waals surface area (Å²) in [4.78, 5) is 17.6. The standard InChI is InChI=1S/C54H38N4O/c1-35-32-41(33-36(2)50(35)53-56-51(37-18-6-3-7-19-37)55-52(57-53)38-20-8-4-9-21-38)58-46-27-15-13-25-44(46)54(39-22-10-5-11-23-39,45-26-14-16-28-47(45)58)40-30-31-49-43(34-40)42-24-12-17-29-48(42)59-49/h3-34H,1-2H3. The third kappa shape index (κ3) is 5.50. The van der Waals surface area contributed by atoms with Crippen LogP contribution in [0.5, 0.6) is 0 Å². The van der Waals surface area contributed by atoms with Gasteiger partial charge in [0.15, 0.2) is 17.5 Å². The average molecular weight is 759 g/mol. The van der Waals surface area contributed by atoms with Gasteiger partial charge in [-0.3, -0.25) is 0 Å². The third-order valence-electron chi connectivity index (χ3n) is 11.8. The molecule has 0 saturated carbocycles. The number of fused-ring (bicyclic) bond motifs is 5. The van der Waals surface area contributed by atoms with Gasteiger partial charge in [-0.1, -0.05) is 152 Å². The van der Waals surface area contributed by atoms with Gasteiger partial charge in [-0.15, -0.1) is 0 Å². The summed E-state index contributed by atoms with van der Waals surface area (Å²) in [6.45, 7) is 4.33. The van der Waals surface area contributed by atoms with Gasteiger partial charge in [0.25, 0.3) is 0 Å². The maximum absolute atomic E-state index is 6.35. The molecule has 1 aliphatic rings. The van der Waals surface area contributed by atoms with Crippen LogP contribution in [0.15, 0.2) is 199 Å². The van der Waals surface area contributed by atoms with Gasteiger partial charge >= 0.3 is 0 Å². The van der Waals surface area contributed by atoms with Crippen molar-refractivity contribution in [3.63, 3.8) is 0 Å². The van der Waals surface area contributed by atoms with Gasteiger partial charge in [0.1, 0.15) is 11.2 Å². The average Bonchev–Trinajstić information content (AvgIpc) is 3.67. The van der Waals surface area contributed by atoms with E-state index in [1.165, 1.54) is 22.3 Å². The van der Waals surface area contributed by atoms with Crippen molar-refractivity contribution in [3.05, 3.63) is 228 Å². The van der Waals surface area contributed by atoms with Gasteiger partial charge in [0.05, 0.1) is 16.8 Å². The highest BCUT2D eigenvalue weighted by Gasteiger charge is 2.46. The Kier molecular flexibility index (Phi) is 8.09. The van der Waals surface area contributed by atoms with Crippen LogP contribution in [0.3, 0.4) is 0 Å². The molecule has 0 atom stereocenters. The first-order valence-electron chi connectivity index (χ1n) is 20.0. The molecule has 280 valence electrons. The minimum Gasteiger partial charge on any atom is -0.456 e. The van der Waals surface area contributed by atoms with Crippen molar-refractivity contribution in [1.29, 1.82) is 0 Å². The van der Waals surface area contributed by atoms with E-state index in [4.69, 9.17) is 19.4 Å². The highest BCUT2D eigenvalue weighted by atomic mass is 16.3. The first-order valence-corrected chi connectivity index (χ1v) is 20.0. The molecule has 5 nitrogen and oxygen atoms in total. The molecule has 5 heteroatoms. The van der Waals surface area contributed by atoms with Crippen molar-refractivity contribution in [2.45, 2.75) is 19.3 Å². The molecule has 0 N–H and O–H groups in total. The number of nitrogens with zero attached hydrogens (tertiary/aromatic N) is 4. The van der Waals surface area contributed by atoms with Gasteiger partial charge in [-0.2, -0.15) is 0 Å². The lowest BCUT2D eigenvalue weighted by Gasteiger charge is -2.46. The van der Waals surface area contributed by atoms with Crippen molar-refractivity contribution < 1.29 is 4.42 Å². The van der Waals surface area contributed by atoms with E-state index in [1.54, 1.807) is 0 Å². The van der Waals surface area contributed by atoms with E-state index in [9.17, 15) is 0 Å². The van der Waals surface area contributed by atoms with E-state index in [0.29, 0.717) is 17.5 Å². The topological polar surface area (TPSA) is 55.1 Å². The van der Waals surface area contributed by atoms with E-state index in [2.05, 4.69) is 140 Å². The first-order chi connectivity index (χ1) is 29.1. The Bertz CT molecular complexity index is 3060. The van der Waals surface area contributed by atoms with Crippen LogP contribution in [0.1, 0.15) is 33.4 Å². The molecule has 10 aromatic rings. The lowest BCUT2D eigenvalue weighted by Crippen LogP contribution is -2.37. The fraction of sp³-hybridized carbons (Fsp3) is 0.0556. The first kappa shape index (κ1) is 34.6.